The fourth-order valence-electron chi connectivity index (χ4n) is 3.80. The number of hydrogen-bond acceptors (Lipinski definition) is 5. The van der Waals surface area contributed by atoms with Gasteiger partial charge in [-0.15, -0.1) is 0 Å². The van der Waals surface area contributed by atoms with Crippen LogP contribution >= 0.6 is 0 Å². The van der Waals surface area contributed by atoms with Crippen molar-refractivity contribution in [3.05, 3.63) is 71.0 Å². The van der Waals surface area contributed by atoms with Gasteiger partial charge in [0.2, 0.25) is 0 Å². The number of methoxy groups -OCH3 is 1. The van der Waals surface area contributed by atoms with Crippen molar-refractivity contribution < 1.29 is 27.5 Å². The second-order valence-electron chi connectivity index (χ2n) is 7.85. The Morgan fingerprint density at radius 2 is 1.86 bits per heavy atom. The second-order valence-corrected chi connectivity index (χ2v) is 7.85. The molecule has 1 aliphatic heterocycles. The normalized spacial score (nSPS) is 12.7. The Labute approximate surface area is 212 Å². The third-order valence-corrected chi connectivity index (χ3v) is 5.60. The average Bonchev–Trinajstić information content (AvgIpc) is 3.31. The van der Waals surface area contributed by atoms with Gasteiger partial charge in [0.05, 0.1) is 31.1 Å². The van der Waals surface area contributed by atoms with Crippen molar-refractivity contribution in [2.24, 2.45) is 0 Å². The van der Waals surface area contributed by atoms with Gasteiger partial charge in [-0.1, -0.05) is 26.0 Å². The Bertz CT molecular complexity index is 1310. The van der Waals surface area contributed by atoms with Crippen LogP contribution in [-0.4, -0.2) is 41.4 Å². The molecule has 0 aliphatic carbocycles. The van der Waals surface area contributed by atoms with Gasteiger partial charge in [0, 0.05) is 24.2 Å². The van der Waals surface area contributed by atoms with E-state index in [1.807, 2.05) is 19.9 Å². The lowest BCUT2D eigenvalue weighted by Crippen LogP contribution is -2.41. The Morgan fingerprint density at radius 3 is 2.49 bits per heavy atom. The number of halogens is 3. The van der Waals surface area contributed by atoms with Gasteiger partial charge in [0.25, 0.3) is 11.8 Å². The van der Waals surface area contributed by atoms with E-state index >= 15 is 0 Å². The number of nitriles is 1. The molecule has 194 valence electrons. The molecule has 0 spiro atoms. The van der Waals surface area contributed by atoms with Gasteiger partial charge in [-0.3, -0.25) is 14.3 Å². The van der Waals surface area contributed by atoms with Crippen LogP contribution in [0.5, 0.6) is 5.75 Å². The summed E-state index contributed by atoms with van der Waals surface area (Å²) in [5, 5.41) is 16.1. The second kappa shape index (κ2) is 11.6. The molecular weight excluding hydrogens is 487 g/mol. The number of aryl methyl sites for hydroxylation is 1. The number of nitrogens with one attached hydrogen (secondary N) is 1. The van der Waals surface area contributed by atoms with E-state index in [-0.39, 0.29) is 28.9 Å². The molecule has 0 saturated carbocycles. The first kappa shape index (κ1) is 27.3. The van der Waals surface area contributed by atoms with E-state index in [1.54, 1.807) is 24.3 Å². The van der Waals surface area contributed by atoms with Crippen LogP contribution in [0.25, 0.3) is 0 Å². The van der Waals surface area contributed by atoms with Crippen LogP contribution in [0, 0.1) is 11.3 Å². The highest BCUT2D eigenvalue weighted by molar-refractivity contribution is 6.13. The van der Waals surface area contributed by atoms with Gasteiger partial charge in [-0.2, -0.15) is 23.5 Å². The molecule has 2 heterocycles. The molecule has 2 amide bonds. The van der Waals surface area contributed by atoms with Crippen molar-refractivity contribution in [3.8, 4) is 11.8 Å². The minimum Gasteiger partial charge on any atom is -0.495 e. The van der Waals surface area contributed by atoms with Crippen LogP contribution in [0.2, 0.25) is 0 Å². The maximum absolute atomic E-state index is 13.2. The summed E-state index contributed by atoms with van der Waals surface area (Å²) >= 11 is 0. The number of carbonyl (C=O) groups excluding carboxylic acids is 2. The molecule has 1 N–H and O–H groups in total. The Morgan fingerprint density at radius 1 is 1.16 bits per heavy atom. The number of hydrogen-bond donors (Lipinski definition) is 1. The predicted molar refractivity (Wildman–Crippen MR) is 132 cm³/mol. The number of rotatable bonds is 6. The van der Waals surface area contributed by atoms with Crippen LogP contribution in [0.15, 0.2) is 48.7 Å². The van der Waals surface area contributed by atoms with Crippen molar-refractivity contribution >= 4 is 23.2 Å². The minimum absolute atomic E-state index is 0.139. The minimum atomic E-state index is -4.23. The summed E-state index contributed by atoms with van der Waals surface area (Å²) in [5.41, 5.74) is 1.84. The number of fused-ring (bicyclic) bond motifs is 1. The molecule has 0 unspecified atom stereocenters. The zero-order chi connectivity index (χ0) is 27.2. The van der Waals surface area contributed by atoms with Gasteiger partial charge in [0.15, 0.2) is 0 Å². The Hall–Kier alpha value is -4.33. The van der Waals surface area contributed by atoms with Crippen molar-refractivity contribution in [1.29, 1.82) is 5.26 Å². The van der Waals surface area contributed by atoms with Gasteiger partial charge < -0.3 is 15.0 Å². The lowest BCUT2D eigenvalue weighted by molar-refractivity contribution is -0.134. The van der Waals surface area contributed by atoms with Gasteiger partial charge in [-0.25, -0.2) is 0 Å². The molecule has 3 aromatic rings. The highest BCUT2D eigenvalue weighted by Gasteiger charge is 2.31. The largest absolute Gasteiger partial charge is 0.495 e. The van der Waals surface area contributed by atoms with Gasteiger partial charge >= 0.3 is 6.18 Å². The lowest BCUT2D eigenvalue weighted by atomic mass is 10.1. The van der Waals surface area contributed by atoms with E-state index in [4.69, 9.17) is 4.74 Å². The van der Waals surface area contributed by atoms with Crippen molar-refractivity contribution in [2.45, 2.75) is 39.4 Å². The standard InChI is InChI=1S/C24H20F3N5O3.C2H6/c1-35-20-7-4-16(12-17(20)13-28)22(33)30-19-14-29-32-11-10-31(23(34)21(19)32)18-5-2-15(3-6-18)8-9-24(25,26)27;1-2/h2-7,12,14H,8-11H2,1H3,(H,30,33);1-2H3. The quantitative estimate of drug-likeness (QED) is 0.489. The molecule has 0 saturated heterocycles. The topological polar surface area (TPSA) is 100 Å². The van der Waals surface area contributed by atoms with Crippen LogP contribution in [0.4, 0.5) is 24.5 Å². The fraction of sp³-hybridized carbons (Fsp3) is 0.308. The number of ether oxygens (including phenoxy) is 1. The maximum Gasteiger partial charge on any atom is 0.389 e. The van der Waals surface area contributed by atoms with E-state index in [0.29, 0.717) is 30.1 Å². The molecule has 11 heteroatoms. The van der Waals surface area contributed by atoms with E-state index in [1.165, 1.54) is 41.1 Å². The first-order valence-corrected chi connectivity index (χ1v) is 11.6. The molecule has 0 radical (unpaired) electrons. The van der Waals surface area contributed by atoms with Crippen LogP contribution in [0.1, 0.15) is 52.2 Å². The summed E-state index contributed by atoms with van der Waals surface area (Å²) in [6.45, 7) is 4.68. The smallest absolute Gasteiger partial charge is 0.389 e. The number of nitrogens with zero attached hydrogens (tertiary/aromatic N) is 4. The highest BCUT2D eigenvalue weighted by Crippen LogP contribution is 2.28. The first-order valence-electron chi connectivity index (χ1n) is 11.6. The van der Waals surface area contributed by atoms with Gasteiger partial charge in [0.1, 0.15) is 17.5 Å². The Balaban J connectivity index is 0.00000186. The zero-order valence-corrected chi connectivity index (χ0v) is 20.6. The van der Waals surface area contributed by atoms with Crippen LogP contribution in [0.3, 0.4) is 0 Å². The van der Waals surface area contributed by atoms with E-state index in [0.717, 1.165) is 0 Å². The summed E-state index contributed by atoms with van der Waals surface area (Å²) in [6, 6.07) is 12.7. The highest BCUT2D eigenvalue weighted by atomic mass is 19.4. The summed E-state index contributed by atoms with van der Waals surface area (Å²) < 4.78 is 44.0. The molecule has 37 heavy (non-hydrogen) atoms. The third kappa shape index (κ3) is 6.27. The molecule has 0 bridgehead atoms. The fourth-order valence-corrected chi connectivity index (χ4v) is 3.80. The summed E-state index contributed by atoms with van der Waals surface area (Å²) in [5.74, 6) is -0.597. The molecule has 2 aromatic carbocycles. The number of carbonyl (C=O) groups is 2. The van der Waals surface area contributed by atoms with Crippen molar-refractivity contribution in [1.82, 2.24) is 9.78 Å². The Kier molecular flexibility index (Phi) is 8.55. The predicted octanol–water partition coefficient (Wildman–Crippen LogP) is 5.20. The van der Waals surface area contributed by atoms with Crippen LogP contribution in [-0.2, 0) is 13.0 Å². The van der Waals surface area contributed by atoms with Crippen LogP contribution < -0.4 is 15.0 Å². The molecule has 1 aromatic heterocycles. The number of anilines is 2. The number of alkyl halides is 3. The summed E-state index contributed by atoms with van der Waals surface area (Å²) in [6.07, 6.45) is -3.91. The zero-order valence-electron chi connectivity index (χ0n) is 20.6. The SMILES string of the molecule is CC.COc1ccc(C(=O)Nc2cnn3c2C(=O)N(c2ccc(CCC(F)(F)F)cc2)CC3)cc1C#N. The first-order chi connectivity index (χ1) is 17.7. The lowest BCUT2D eigenvalue weighted by Gasteiger charge is -2.28. The number of aromatic nitrogens is 2. The molecule has 8 nitrogen and oxygen atoms in total. The number of amides is 2. The van der Waals surface area contributed by atoms with E-state index < -0.39 is 24.4 Å². The maximum atomic E-state index is 13.2. The molecular formula is C26H26F3N5O3. The molecule has 1 aliphatic rings. The molecule has 4 rings (SSSR count). The third-order valence-electron chi connectivity index (χ3n) is 5.60. The van der Waals surface area contributed by atoms with Gasteiger partial charge in [-0.05, 0) is 42.3 Å². The molecule has 0 fully saturated rings. The summed E-state index contributed by atoms with van der Waals surface area (Å²) in [4.78, 5) is 27.5. The summed E-state index contributed by atoms with van der Waals surface area (Å²) in [7, 11) is 1.42. The van der Waals surface area contributed by atoms with E-state index in [2.05, 4.69) is 10.4 Å². The van der Waals surface area contributed by atoms with Crippen molar-refractivity contribution in [2.75, 3.05) is 23.9 Å². The average molecular weight is 514 g/mol. The monoisotopic (exact) mass is 513 g/mol. The van der Waals surface area contributed by atoms with E-state index in [9.17, 15) is 28.0 Å². The van der Waals surface area contributed by atoms with Crippen molar-refractivity contribution in [3.63, 3.8) is 0 Å². The molecule has 0 atom stereocenters. The number of benzene rings is 2.